The number of pyridine rings is 1. The number of fused-ring (bicyclic) bond motifs is 1. The molecule has 1 fully saturated rings. The second-order valence-corrected chi connectivity index (χ2v) is 9.87. The van der Waals surface area contributed by atoms with E-state index in [1.807, 2.05) is 63.2 Å². The minimum atomic E-state index is -0.596. The molecule has 1 amide bonds. The van der Waals surface area contributed by atoms with Gasteiger partial charge in [0.2, 0.25) is 0 Å². The molecular weight excluding hydrogens is 426 g/mol. The molecule has 174 valence electrons. The molecule has 0 aliphatic heterocycles. The van der Waals surface area contributed by atoms with Crippen LogP contribution < -0.4 is 5.32 Å². The normalized spacial score (nSPS) is 14.7. The Labute approximate surface area is 199 Å². The number of aromatic nitrogens is 2. The molecule has 4 aromatic rings. The highest BCUT2D eigenvalue weighted by Gasteiger charge is 2.27. The zero-order chi connectivity index (χ0) is 23.7. The predicted octanol–water partition coefficient (Wildman–Crippen LogP) is 6.58. The Bertz CT molecular complexity index is 1300. The van der Waals surface area contributed by atoms with Crippen LogP contribution in [0.1, 0.15) is 62.4 Å². The van der Waals surface area contributed by atoms with E-state index in [0.717, 1.165) is 33.5 Å². The Balaban J connectivity index is 1.53. The molecule has 0 unspecified atom stereocenters. The van der Waals surface area contributed by atoms with Gasteiger partial charge >= 0.3 is 6.09 Å². The molecule has 0 saturated heterocycles. The number of rotatable bonds is 6. The summed E-state index contributed by atoms with van der Waals surface area (Å²) in [5.74, 6) is 0.644. The lowest BCUT2D eigenvalue weighted by atomic mass is 9.93. The summed E-state index contributed by atoms with van der Waals surface area (Å²) in [5.41, 5.74) is 4.99. The maximum atomic E-state index is 12.8. The summed E-state index contributed by atoms with van der Waals surface area (Å²) in [4.78, 5) is 17.2. The van der Waals surface area contributed by atoms with Crippen LogP contribution in [0.4, 0.5) is 4.79 Å². The van der Waals surface area contributed by atoms with Crippen molar-refractivity contribution in [1.29, 1.82) is 0 Å². The quantitative estimate of drug-likeness (QED) is 0.355. The fourth-order valence-electron chi connectivity index (χ4n) is 4.25. The van der Waals surface area contributed by atoms with E-state index in [1.165, 1.54) is 18.4 Å². The molecule has 1 aliphatic rings. The Morgan fingerprint density at radius 3 is 2.65 bits per heavy atom. The summed E-state index contributed by atoms with van der Waals surface area (Å²) in [6, 6.07) is 19.8. The minimum Gasteiger partial charge on any atom is -0.444 e. The molecule has 0 radical (unpaired) electrons. The molecule has 2 aromatic carbocycles. The average molecular weight is 456 g/mol. The molecular formula is C28H29N3O3. The van der Waals surface area contributed by atoms with Crippen LogP contribution in [0.2, 0.25) is 0 Å². The second kappa shape index (κ2) is 8.93. The molecule has 0 spiro atoms. The van der Waals surface area contributed by atoms with Crippen molar-refractivity contribution in [3.05, 3.63) is 83.7 Å². The molecule has 6 heteroatoms. The number of hydrogen-bond donors (Lipinski definition) is 1. The lowest BCUT2D eigenvalue weighted by Gasteiger charge is -2.25. The van der Waals surface area contributed by atoms with E-state index in [0.29, 0.717) is 12.3 Å². The Morgan fingerprint density at radius 1 is 1.12 bits per heavy atom. The molecule has 1 saturated carbocycles. The number of hydrogen-bond acceptors (Lipinski definition) is 5. The topological polar surface area (TPSA) is 77.2 Å². The van der Waals surface area contributed by atoms with Crippen LogP contribution >= 0.6 is 0 Å². The molecule has 34 heavy (non-hydrogen) atoms. The van der Waals surface area contributed by atoms with E-state index in [-0.39, 0.29) is 6.04 Å². The van der Waals surface area contributed by atoms with Gasteiger partial charge in [-0.25, -0.2) is 4.79 Å². The first-order valence-corrected chi connectivity index (χ1v) is 11.8. The van der Waals surface area contributed by atoms with Crippen molar-refractivity contribution in [2.75, 3.05) is 0 Å². The van der Waals surface area contributed by atoms with E-state index in [2.05, 4.69) is 33.7 Å². The third kappa shape index (κ3) is 4.96. The summed E-state index contributed by atoms with van der Waals surface area (Å²) in [6.45, 7) is 5.56. The van der Waals surface area contributed by atoms with Crippen molar-refractivity contribution < 1.29 is 14.1 Å². The van der Waals surface area contributed by atoms with Crippen LogP contribution in [-0.4, -0.2) is 21.8 Å². The van der Waals surface area contributed by atoms with Gasteiger partial charge in [-0.05, 0) is 74.9 Å². The molecule has 6 nitrogen and oxygen atoms in total. The van der Waals surface area contributed by atoms with Crippen molar-refractivity contribution in [2.45, 2.75) is 57.6 Å². The molecule has 5 rings (SSSR count). The van der Waals surface area contributed by atoms with Crippen LogP contribution in [0.5, 0.6) is 0 Å². The summed E-state index contributed by atoms with van der Waals surface area (Å²) in [7, 11) is 0. The Hall–Kier alpha value is -3.67. The van der Waals surface area contributed by atoms with Gasteiger partial charge in [-0.15, -0.1) is 0 Å². The second-order valence-electron chi connectivity index (χ2n) is 9.87. The maximum Gasteiger partial charge on any atom is 0.408 e. The highest BCUT2D eigenvalue weighted by atomic mass is 16.6. The number of carbonyl (C=O) groups is 1. The number of amides is 1. The van der Waals surface area contributed by atoms with Crippen LogP contribution in [0.25, 0.3) is 22.2 Å². The van der Waals surface area contributed by atoms with E-state index in [9.17, 15) is 4.79 Å². The highest BCUT2D eigenvalue weighted by molar-refractivity contribution is 5.93. The van der Waals surface area contributed by atoms with Gasteiger partial charge in [-0.1, -0.05) is 41.6 Å². The van der Waals surface area contributed by atoms with Gasteiger partial charge in [-0.2, -0.15) is 0 Å². The zero-order valence-corrected chi connectivity index (χ0v) is 19.7. The first-order valence-electron chi connectivity index (χ1n) is 11.8. The molecule has 0 bridgehead atoms. The molecule has 2 aromatic heterocycles. The monoisotopic (exact) mass is 455 g/mol. The molecule has 1 aliphatic carbocycles. The standard InChI is InChI=1S/C28H29N3O3/c1-28(2,3)33-27(32)30-24(17-20-8-6-7-15-29-20)21-9-4-5-10-22(21)26-23-14-13-19(18-11-12-18)16-25(23)34-31-26/h4-10,13-16,18,24H,11-12,17H2,1-3H3,(H,30,32)/t24-/m0/s1. The van der Waals surface area contributed by atoms with Crippen LogP contribution in [0.3, 0.4) is 0 Å². The van der Waals surface area contributed by atoms with E-state index in [1.54, 1.807) is 6.20 Å². The third-order valence-corrected chi connectivity index (χ3v) is 5.97. The smallest absolute Gasteiger partial charge is 0.408 e. The Morgan fingerprint density at radius 2 is 1.91 bits per heavy atom. The van der Waals surface area contributed by atoms with Crippen LogP contribution in [-0.2, 0) is 11.2 Å². The van der Waals surface area contributed by atoms with Gasteiger partial charge in [-0.3, -0.25) is 4.98 Å². The lowest BCUT2D eigenvalue weighted by Crippen LogP contribution is -2.36. The number of benzene rings is 2. The molecule has 2 heterocycles. The third-order valence-electron chi connectivity index (χ3n) is 5.97. The average Bonchev–Trinajstić information content (AvgIpc) is 3.57. The van der Waals surface area contributed by atoms with Gasteiger partial charge in [0, 0.05) is 29.3 Å². The van der Waals surface area contributed by atoms with Gasteiger partial charge in [0.25, 0.3) is 0 Å². The van der Waals surface area contributed by atoms with Gasteiger partial charge in [0.15, 0.2) is 5.58 Å². The Kier molecular flexibility index (Phi) is 5.82. The summed E-state index contributed by atoms with van der Waals surface area (Å²) in [5, 5.41) is 8.47. The first-order chi connectivity index (χ1) is 16.4. The van der Waals surface area contributed by atoms with Crippen molar-refractivity contribution in [3.8, 4) is 11.3 Å². The summed E-state index contributed by atoms with van der Waals surface area (Å²) < 4.78 is 11.3. The number of alkyl carbamates (subject to hydrolysis) is 1. The summed E-state index contributed by atoms with van der Waals surface area (Å²) >= 11 is 0. The number of carbonyl (C=O) groups excluding carboxylic acids is 1. The predicted molar refractivity (Wildman–Crippen MR) is 131 cm³/mol. The zero-order valence-electron chi connectivity index (χ0n) is 19.7. The van der Waals surface area contributed by atoms with Gasteiger partial charge in [0.1, 0.15) is 11.3 Å². The van der Waals surface area contributed by atoms with Crippen LogP contribution in [0, 0.1) is 0 Å². The van der Waals surface area contributed by atoms with Crippen molar-refractivity contribution >= 4 is 17.1 Å². The van der Waals surface area contributed by atoms with Gasteiger partial charge in [0.05, 0.1) is 6.04 Å². The fraction of sp³-hybridized carbons (Fsp3) is 0.321. The van der Waals surface area contributed by atoms with Gasteiger partial charge < -0.3 is 14.6 Å². The SMILES string of the molecule is CC(C)(C)OC(=O)N[C@@H](Cc1ccccn1)c1ccccc1-c1noc2cc(C3CC3)ccc12. The highest BCUT2D eigenvalue weighted by Crippen LogP contribution is 2.42. The van der Waals surface area contributed by atoms with Crippen molar-refractivity contribution in [1.82, 2.24) is 15.5 Å². The molecule has 1 atom stereocenters. The minimum absolute atomic E-state index is 0.363. The largest absolute Gasteiger partial charge is 0.444 e. The number of ether oxygens (including phenoxy) is 1. The molecule has 1 N–H and O–H groups in total. The maximum absolute atomic E-state index is 12.8. The van der Waals surface area contributed by atoms with E-state index >= 15 is 0 Å². The van der Waals surface area contributed by atoms with E-state index < -0.39 is 11.7 Å². The fourth-order valence-corrected chi connectivity index (χ4v) is 4.25. The number of nitrogens with zero attached hydrogens (tertiary/aromatic N) is 2. The summed E-state index contributed by atoms with van der Waals surface area (Å²) in [6.07, 6.45) is 4.27. The first kappa shape index (κ1) is 22.1. The number of nitrogens with one attached hydrogen (secondary N) is 1. The van der Waals surface area contributed by atoms with Crippen molar-refractivity contribution in [3.63, 3.8) is 0 Å². The van der Waals surface area contributed by atoms with Crippen molar-refractivity contribution in [2.24, 2.45) is 0 Å². The van der Waals surface area contributed by atoms with Crippen LogP contribution in [0.15, 0.2) is 71.4 Å². The van der Waals surface area contributed by atoms with E-state index in [4.69, 9.17) is 9.26 Å². The lowest BCUT2D eigenvalue weighted by molar-refractivity contribution is 0.0503.